The largest absolute Gasteiger partial charge is 0.375 e. The number of hydrazone groups is 1. The third-order valence-corrected chi connectivity index (χ3v) is 4.93. The molecule has 4 rings (SSSR count). The predicted molar refractivity (Wildman–Crippen MR) is 108 cm³/mol. The van der Waals surface area contributed by atoms with Crippen LogP contribution in [0.5, 0.6) is 0 Å². The zero-order chi connectivity index (χ0) is 17.4. The Morgan fingerprint density at radius 3 is 2.52 bits per heavy atom. The van der Waals surface area contributed by atoms with Gasteiger partial charge in [0.05, 0.1) is 11.8 Å². The van der Waals surface area contributed by atoms with E-state index in [1.165, 1.54) is 10.8 Å². The monoisotopic (exact) mass is 365 g/mol. The van der Waals surface area contributed by atoms with Crippen molar-refractivity contribution in [2.24, 2.45) is 10.8 Å². The van der Waals surface area contributed by atoms with E-state index in [0.29, 0.717) is 5.02 Å². The van der Waals surface area contributed by atoms with Crippen molar-refractivity contribution in [1.29, 1.82) is 0 Å². The summed E-state index contributed by atoms with van der Waals surface area (Å²) in [6.45, 7) is 0. The molecule has 0 radical (unpaired) electrons. The van der Waals surface area contributed by atoms with E-state index in [9.17, 15) is 0 Å². The molecule has 0 aromatic heterocycles. The Morgan fingerprint density at radius 1 is 1.04 bits per heavy atom. The molecule has 1 unspecified atom stereocenters. The molecule has 0 fully saturated rings. The number of hydrogen-bond acceptors (Lipinski definition) is 2. The van der Waals surface area contributed by atoms with Crippen molar-refractivity contribution in [2.45, 2.75) is 12.5 Å². The van der Waals surface area contributed by atoms with Gasteiger partial charge in [0, 0.05) is 17.0 Å². The van der Waals surface area contributed by atoms with Crippen LogP contribution in [0.1, 0.15) is 23.6 Å². The van der Waals surface area contributed by atoms with Gasteiger partial charge in [-0.3, -0.25) is 0 Å². The molecule has 5 heteroatoms. The maximum Gasteiger partial charge on any atom is 0.187 e. The zero-order valence-corrected chi connectivity index (χ0v) is 15.0. The SMILES string of the molecule is NC(=S)N1N=C(c2cccc3ccccc23)CC1c1ccc(Cl)cc1. The molecule has 1 atom stereocenters. The number of fused-ring (bicyclic) bond motifs is 1. The normalized spacial score (nSPS) is 16.9. The quantitative estimate of drug-likeness (QED) is 0.657. The summed E-state index contributed by atoms with van der Waals surface area (Å²) in [5.41, 5.74) is 9.14. The summed E-state index contributed by atoms with van der Waals surface area (Å²) in [5.74, 6) is 0. The van der Waals surface area contributed by atoms with Crippen LogP contribution in [0.3, 0.4) is 0 Å². The highest BCUT2D eigenvalue weighted by molar-refractivity contribution is 7.80. The van der Waals surface area contributed by atoms with Gasteiger partial charge in [0.15, 0.2) is 5.11 Å². The Bertz CT molecular complexity index is 976. The highest BCUT2D eigenvalue weighted by atomic mass is 35.5. The molecule has 3 aromatic rings. The van der Waals surface area contributed by atoms with Crippen molar-refractivity contribution in [2.75, 3.05) is 0 Å². The molecule has 2 N–H and O–H groups in total. The third kappa shape index (κ3) is 2.99. The summed E-state index contributed by atoms with van der Waals surface area (Å²) in [7, 11) is 0. The van der Waals surface area contributed by atoms with Crippen molar-refractivity contribution >= 4 is 45.4 Å². The van der Waals surface area contributed by atoms with E-state index in [-0.39, 0.29) is 11.2 Å². The second-order valence-electron chi connectivity index (χ2n) is 6.03. The number of halogens is 1. The lowest BCUT2D eigenvalue weighted by atomic mass is 9.95. The van der Waals surface area contributed by atoms with E-state index >= 15 is 0 Å². The molecule has 25 heavy (non-hydrogen) atoms. The van der Waals surface area contributed by atoms with Crippen molar-refractivity contribution in [3.8, 4) is 0 Å². The number of nitrogens with two attached hydrogens (primary N) is 1. The molecule has 0 spiro atoms. The predicted octanol–water partition coefficient (Wildman–Crippen LogP) is 4.89. The summed E-state index contributed by atoms with van der Waals surface area (Å²) in [5, 5.41) is 9.83. The first kappa shape index (κ1) is 16.1. The molecule has 3 aromatic carbocycles. The van der Waals surface area contributed by atoms with Gasteiger partial charge in [0.25, 0.3) is 0 Å². The van der Waals surface area contributed by atoms with Crippen LogP contribution in [-0.2, 0) is 0 Å². The van der Waals surface area contributed by atoms with Gasteiger partial charge < -0.3 is 5.73 Å². The number of nitrogens with zero attached hydrogens (tertiary/aromatic N) is 2. The lowest BCUT2D eigenvalue weighted by Crippen LogP contribution is -2.31. The molecular formula is C20H16ClN3S. The maximum atomic E-state index is 6.01. The summed E-state index contributed by atoms with van der Waals surface area (Å²) >= 11 is 11.2. The fourth-order valence-electron chi connectivity index (χ4n) is 3.30. The molecule has 3 nitrogen and oxygen atoms in total. The van der Waals surface area contributed by atoms with Gasteiger partial charge in [-0.15, -0.1) is 0 Å². The first-order valence-electron chi connectivity index (χ1n) is 8.03. The topological polar surface area (TPSA) is 41.6 Å². The van der Waals surface area contributed by atoms with E-state index in [1.807, 2.05) is 36.4 Å². The van der Waals surface area contributed by atoms with E-state index < -0.39 is 0 Å². The first-order chi connectivity index (χ1) is 12.1. The molecule has 1 aliphatic rings. The standard InChI is InChI=1S/C20H16ClN3S/c21-15-10-8-14(9-11-15)19-12-18(23-24(19)20(22)25)17-7-3-5-13-4-1-2-6-16(13)17/h1-11,19H,12H2,(H2,22,25). The van der Waals surface area contributed by atoms with Crippen LogP contribution in [0, 0.1) is 0 Å². The molecular weight excluding hydrogens is 350 g/mol. The third-order valence-electron chi connectivity index (χ3n) is 4.49. The number of rotatable bonds is 2. The minimum atomic E-state index is -0.0104. The van der Waals surface area contributed by atoms with Crippen molar-refractivity contribution in [3.05, 3.63) is 82.9 Å². The van der Waals surface area contributed by atoms with E-state index in [2.05, 4.69) is 30.3 Å². The van der Waals surface area contributed by atoms with Crippen molar-refractivity contribution < 1.29 is 0 Å². The first-order valence-corrected chi connectivity index (χ1v) is 8.82. The molecule has 0 saturated heterocycles. The number of thiocarbonyl (C=S) groups is 1. The average Bonchev–Trinajstić information content (AvgIpc) is 3.07. The zero-order valence-electron chi connectivity index (χ0n) is 13.4. The Morgan fingerprint density at radius 2 is 1.76 bits per heavy atom. The van der Waals surface area contributed by atoms with Gasteiger partial charge in [-0.05, 0) is 40.7 Å². The second-order valence-corrected chi connectivity index (χ2v) is 6.88. The van der Waals surface area contributed by atoms with Gasteiger partial charge >= 0.3 is 0 Å². The van der Waals surface area contributed by atoms with Crippen LogP contribution in [0.2, 0.25) is 5.02 Å². The molecule has 124 valence electrons. The highest BCUT2D eigenvalue weighted by Crippen LogP contribution is 2.34. The minimum absolute atomic E-state index is 0.0104. The summed E-state index contributed by atoms with van der Waals surface area (Å²) in [6, 6.07) is 22.3. The van der Waals surface area contributed by atoms with Gasteiger partial charge in [-0.25, -0.2) is 5.01 Å². The second kappa shape index (κ2) is 6.47. The van der Waals surface area contributed by atoms with Crippen LogP contribution in [0.15, 0.2) is 71.8 Å². The van der Waals surface area contributed by atoms with Crippen LogP contribution in [0.4, 0.5) is 0 Å². The van der Waals surface area contributed by atoms with Gasteiger partial charge in [-0.2, -0.15) is 5.10 Å². The molecule has 0 bridgehead atoms. The summed E-state index contributed by atoms with van der Waals surface area (Å²) in [6.07, 6.45) is 0.743. The Balaban J connectivity index is 1.77. The maximum absolute atomic E-state index is 6.01. The van der Waals surface area contributed by atoms with Crippen molar-refractivity contribution in [1.82, 2.24) is 5.01 Å². The van der Waals surface area contributed by atoms with Gasteiger partial charge in [0.2, 0.25) is 0 Å². The van der Waals surface area contributed by atoms with Crippen LogP contribution in [-0.4, -0.2) is 15.8 Å². The van der Waals surface area contributed by atoms with Crippen LogP contribution < -0.4 is 5.73 Å². The lowest BCUT2D eigenvalue weighted by Gasteiger charge is -2.21. The van der Waals surface area contributed by atoms with Crippen molar-refractivity contribution in [3.63, 3.8) is 0 Å². The van der Waals surface area contributed by atoms with Crippen LogP contribution in [0.25, 0.3) is 10.8 Å². The van der Waals surface area contributed by atoms with Crippen LogP contribution >= 0.6 is 23.8 Å². The summed E-state index contributed by atoms with van der Waals surface area (Å²) in [4.78, 5) is 0. The minimum Gasteiger partial charge on any atom is -0.375 e. The van der Waals surface area contributed by atoms with E-state index in [0.717, 1.165) is 23.3 Å². The molecule has 0 aliphatic carbocycles. The fourth-order valence-corrected chi connectivity index (χ4v) is 3.59. The number of hydrogen-bond donors (Lipinski definition) is 1. The smallest absolute Gasteiger partial charge is 0.187 e. The number of benzene rings is 3. The van der Waals surface area contributed by atoms with Gasteiger partial charge in [-0.1, -0.05) is 66.2 Å². The Kier molecular flexibility index (Phi) is 4.15. The molecule has 1 aliphatic heterocycles. The molecule has 0 amide bonds. The van der Waals surface area contributed by atoms with Gasteiger partial charge in [0.1, 0.15) is 0 Å². The molecule has 1 heterocycles. The Labute approximate surface area is 156 Å². The summed E-state index contributed by atoms with van der Waals surface area (Å²) < 4.78 is 0. The average molecular weight is 366 g/mol. The van der Waals surface area contributed by atoms with E-state index in [4.69, 9.17) is 34.7 Å². The Hall–Kier alpha value is -2.43. The van der Waals surface area contributed by atoms with E-state index in [1.54, 1.807) is 5.01 Å². The lowest BCUT2D eigenvalue weighted by molar-refractivity contribution is 0.373. The highest BCUT2D eigenvalue weighted by Gasteiger charge is 2.30. The molecule has 0 saturated carbocycles. The fraction of sp³-hybridized carbons (Fsp3) is 0.100.